The Balaban J connectivity index is 2.61. The molecule has 78 valence electrons. The lowest BCUT2D eigenvalue weighted by Gasteiger charge is -1.95. The first-order valence-electron chi connectivity index (χ1n) is 4.36. The SMILES string of the molecule is COC(=O)c1cc2nc(Cl)c(C)cc2[nH]1. The van der Waals surface area contributed by atoms with Gasteiger partial charge in [-0.2, -0.15) is 0 Å². The number of nitrogens with zero attached hydrogens (tertiary/aromatic N) is 1. The predicted molar refractivity (Wildman–Crippen MR) is 57.2 cm³/mol. The molecular weight excluding hydrogens is 216 g/mol. The van der Waals surface area contributed by atoms with Gasteiger partial charge in [-0.15, -0.1) is 0 Å². The van der Waals surface area contributed by atoms with Gasteiger partial charge in [0, 0.05) is 0 Å². The largest absolute Gasteiger partial charge is 0.464 e. The van der Waals surface area contributed by atoms with Crippen LogP contribution in [0.4, 0.5) is 0 Å². The van der Waals surface area contributed by atoms with Crippen LogP contribution >= 0.6 is 11.6 Å². The zero-order valence-corrected chi connectivity index (χ0v) is 9.05. The number of aryl methyl sites for hydroxylation is 1. The number of aromatic nitrogens is 2. The molecule has 0 unspecified atom stereocenters. The summed E-state index contributed by atoms with van der Waals surface area (Å²) in [7, 11) is 1.33. The highest BCUT2D eigenvalue weighted by atomic mass is 35.5. The van der Waals surface area contributed by atoms with Crippen LogP contribution in [-0.2, 0) is 4.74 Å². The Bertz CT molecular complexity index is 494. The Hall–Kier alpha value is -1.55. The number of rotatable bonds is 1. The second kappa shape index (κ2) is 3.55. The van der Waals surface area contributed by atoms with Crippen LogP contribution in [0.1, 0.15) is 16.1 Å². The predicted octanol–water partition coefficient (Wildman–Crippen LogP) is 2.31. The number of esters is 1. The lowest BCUT2D eigenvalue weighted by molar-refractivity contribution is 0.0595. The van der Waals surface area contributed by atoms with Crippen LogP contribution in [0.2, 0.25) is 5.15 Å². The molecule has 1 N–H and O–H groups in total. The third-order valence-electron chi connectivity index (χ3n) is 2.14. The molecular formula is C10H9ClN2O2. The number of methoxy groups -OCH3 is 1. The molecule has 0 atom stereocenters. The minimum Gasteiger partial charge on any atom is -0.464 e. The number of carbonyl (C=O) groups is 1. The fraction of sp³-hybridized carbons (Fsp3) is 0.200. The number of ether oxygens (including phenoxy) is 1. The van der Waals surface area contributed by atoms with Crippen LogP contribution in [0.3, 0.4) is 0 Å². The highest BCUT2D eigenvalue weighted by Gasteiger charge is 2.11. The highest BCUT2D eigenvalue weighted by Crippen LogP contribution is 2.20. The van der Waals surface area contributed by atoms with Crippen molar-refractivity contribution in [3.63, 3.8) is 0 Å². The standard InChI is InChI=1S/C10H9ClN2O2/c1-5-3-6-7(13-9(5)11)4-8(12-6)10(14)15-2/h3-4,12H,1-2H3. The number of halogens is 1. The van der Waals surface area contributed by atoms with Gasteiger partial charge in [0.2, 0.25) is 0 Å². The third-order valence-corrected chi connectivity index (χ3v) is 2.52. The van der Waals surface area contributed by atoms with Crippen molar-refractivity contribution in [2.75, 3.05) is 7.11 Å². The third kappa shape index (κ3) is 1.68. The van der Waals surface area contributed by atoms with E-state index in [0.717, 1.165) is 11.1 Å². The van der Waals surface area contributed by atoms with Gasteiger partial charge in [-0.05, 0) is 24.6 Å². The van der Waals surface area contributed by atoms with Crippen LogP contribution < -0.4 is 0 Å². The summed E-state index contributed by atoms with van der Waals surface area (Å²) in [4.78, 5) is 18.3. The number of fused-ring (bicyclic) bond motifs is 1. The maximum absolute atomic E-state index is 11.2. The average molecular weight is 225 g/mol. The van der Waals surface area contributed by atoms with Gasteiger partial charge in [-0.1, -0.05) is 11.6 Å². The zero-order chi connectivity index (χ0) is 11.0. The molecule has 0 spiro atoms. The van der Waals surface area contributed by atoms with Crippen molar-refractivity contribution in [1.29, 1.82) is 0 Å². The molecule has 0 radical (unpaired) electrons. The van der Waals surface area contributed by atoms with E-state index in [4.69, 9.17) is 11.6 Å². The average Bonchev–Trinajstić information content (AvgIpc) is 2.60. The lowest BCUT2D eigenvalue weighted by atomic mass is 10.3. The number of carbonyl (C=O) groups excluding carboxylic acids is 1. The fourth-order valence-electron chi connectivity index (χ4n) is 1.35. The molecule has 4 nitrogen and oxygen atoms in total. The van der Waals surface area contributed by atoms with E-state index >= 15 is 0 Å². The molecule has 0 saturated heterocycles. The number of hydrogen-bond donors (Lipinski definition) is 1. The zero-order valence-electron chi connectivity index (χ0n) is 8.30. The van der Waals surface area contributed by atoms with Gasteiger partial charge in [-0.3, -0.25) is 0 Å². The summed E-state index contributed by atoms with van der Waals surface area (Å²) in [6.45, 7) is 1.85. The summed E-state index contributed by atoms with van der Waals surface area (Å²) in [6.07, 6.45) is 0. The normalized spacial score (nSPS) is 10.6. The molecule has 2 aromatic rings. The van der Waals surface area contributed by atoms with Crippen molar-refractivity contribution in [2.24, 2.45) is 0 Å². The molecule has 0 aliphatic heterocycles. The Labute approximate surface area is 91.2 Å². The Morgan fingerprint density at radius 1 is 1.53 bits per heavy atom. The minimum absolute atomic E-state index is 0.377. The number of aromatic amines is 1. The maximum Gasteiger partial charge on any atom is 0.354 e. The van der Waals surface area contributed by atoms with Crippen LogP contribution in [0.5, 0.6) is 0 Å². The molecule has 2 heterocycles. The second-order valence-electron chi connectivity index (χ2n) is 3.20. The molecule has 0 aliphatic rings. The summed E-state index contributed by atoms with van der Waals surface area (Å²) in [5.41, 5.74) is 2.67. The number of H-pyrrole nitrogens is 1. The van der Waals surface area contributed by atoms with Crippen molar-refractivity contribution < 1.29 is 9.53 Å². The quantitative estimate of drug-likeness (QED) is 0.597. The van der Waals surface area contributed by atoms with Crippen molar-refractivity contribution in [2.45, 2.75) is 6.92 Å². The maximum atomic E-state index is 11.2. The van der Waals surface area contributed by atoms with Gasteiger partial charge in [0.05, 0.1) is 18.1 Å². The number of nitrogens with one attached hydrogen (secondary N) is 1. The van der Waals surface area contributed by atoms with Crippen LogP contribution in [0.25, 0.3) is 11.0 Å². The van der Waals surface area contributed by atoms with E-state index in [2.05, 4.69) is 14.7 Å². The smallest absolute Gasteiger partial charge is 0.354 e. The van der Waals surface area contributed by atoms with Gasteiger partial charge in [0.25, 0.3) is 0 Å². The Kier molecular flexibility index (Phi) is 2.36. The molecule has 2 rings (SSSR count). The van der Waals surface area contributed by atoms with E-state index in [0.29, 0.717) is 16.4 Å². The lowest BCUT2D eigenvalue weighted by Crippen LogP contribution is -2.00. The van der Waals surface area contributed by atoms with E-state index in [1.807, 2.05) is 13.0 Å². The summed E-state index contributed by atoms with van der Waals surface area (Å²) >= 11 is 5.87. The number of pyridine rings is 1. The topological polar surface area (TPSA) is 55.0 Å². The van der Waals surface area contributed by atoms with Crippen molar-refractivity contribution >= 4 is 28.6 Å². The van der Waals surface area contributed by atoms with Crippen molar-refractivity contribution in [3.8, 4) is 0 Å². The summed E-state index contributed by atoms with van der Waals surface area (Å²) < 4.78 is 4.60. The molecule has 5 heteroatoms. The second-order valence-corrected chi connectivity index (χ2v) is 3.56. The van der Waals surface area contributed by atoms with Crippen LogP contribution in [-0.4, -0.2) is 23.0 Å². The first-order chi connectivity index (χ1) is 7.11. The van der Waals surface area contributed by atoms with Gasteiger partial charge in [-0.25, -0.2) is 9.78 Å². The first-order valence-corrected chi connectivity index (χ1v) is 4.74. The minimum atomic E-state index is -0.415. The molecule has 0 amide bonds. The summed E-state index contributed by atoms with van der Waals surface area (Å²) in [5, 5.41) is 0.443. The molecule has 0 aromatic carbocycles. The number of hydrogen-bond acceptors (Lipinski definition) is 3. The van der Waals surface area contributed by atoms with Crippen LogP contribution in [0, 0.1) is 6.92 Å². The molecule has 0 bridgehead atoms. The Morgan fingerprint density at radius 2 is 2.27 bits per heavy atom. The van der Waals surface area contributed by atoms with E-state index in [1.54, 1.807) is 6.07 Å². The van der Waals surface area contributed by atoms with Crippen LogP contribution in [0.15, 0.2) is 12.1 Å². The molecule has 15 heavy (non-hydrogen) atoms. The van der Waals surface area contributed by atoms with E-state index in [-0.39, 0.29) is 0 Å². The van der Waals surface area contributed by atoms with Crippen molar-refractivity contribution in [1.82, 2.24) is 9.97 Å². The summed E-state index contributed by atoms with van der Waals surface area (Å²) in [6, 6.07) is 3.46. The molecule has 0 aliphatic carbocycles. The van der Waals surface area contributed by atoms with Gasteiger partial charge in [0.1, 0.15) is 10.8 Å². The fourth-order valence-corrected chi connectivity index (χ4v) is 1.50. The monoisotopic (exact) mass is 224 g/mol. The molecule has 0 fully saturated rings. The van der Waals surface area contributed by atoms with Gasteiger partial charge in [0.15, 0.2) is 0 Å². The van der Waals surface area contributed by atoms with Gasteiger partial charge >= 0.3 is 5.97 Å². The van der Waals surface area contributed by atoms with E-state index in [1.165, 1.54) is 7.11 Å². The Morgan fingerprint density at radius 3 is 2.93 bits per heavy atom. The van der Waals surface area contributed by atoms with Crippen molar-refractivity contribution in [3.05, 3.63) is 28.5 Å². The molecule has 2 aromatic heterocycles. The summed E-state index contributed by atoms with van der Waals surface area (Å²) in [5.74, 6) is -0.415. The first kappa shape index (κ1) is 9.98. The molecule has 0 saturated carbocycles. The highest BCUT2D eigenvalue weighted by molar-refractivity contribution is 6.30. The van der Waals surface area contributed by atoms with E-state index < -0.39 is 5.97 Å². The van der Waals surface area contributed by atoms with Gasteiger partial charge < -0.3 is 9.72 Å². The van der Waals surface area contributed by atoms with E-state index in [9.17, 15) is 4.79 Å².